The fourth-order valence-corrected chi connectivity index (χ4v) is 2.90. The number of amides is 2. The zero-order valence-electron chi connectivity index (χ0n) is 16.6. The van der Waals surface area contributed by atoms with Crippen molar-refractivity contribution in [3.63, 3.8) is 0 Å². The van der Waals surface area contributed by atoms with Crippen molar-refractivity contribution in [1.29, 1.82) is 0 Å². The molecular formula is C19H23N5O5. The van der Waals surface area contributed by atoms with Gasteiger partial charge < -0.3 is 14.5 Å². The van der Waals surface area contributed by atoms with Crippen molar-refractivity contribution in [2.75, 3.05) is 26.2 Å². The topological polar surface area (TPSA) is 111 Å². The van der Waals surface area contributed by atoms with E-state index in [9.17, 15) is 19.7 Å². The summed E-state index contributed by atoms with van der Waals surface area (Å²) in [6, 6.07) is 5.90. The number of carbonyl (C=O) groups is 2. The van der Waals surface area contributed by atoms with Gasteiger partial charge in [0.2, 0.25) is 0 Å². The predicted octanol–water partition coefficient (Wildman–Crippen LogP) is 2.47. The molecule has 0 radical (unpaired) electrons. The Bertz CT molecular complexity index is 908. The molecule has 2 amide bonds. The highest BCUT2D eigenvalue weighted by atomic mass is 16.6. The summed E-state index contributed by atoms with van der Waals surface area (Å²) in [5.74, 6) is -0.179. The fourth-order valence-electron chi connectivity index (χ4n) is 2.90. The Hall–Kier alpha value is -3.43. The monoisotopic (exact) mass is 401 g/mol. The predicted molar refractivity (Wildman–Crippen MR) is 104 cm³/mol. The third-order valence-corrected chi connectivity index (χ3v) is 4.37. The molecule has 0 saturated carbocycles. The summed E-state index contributed by atoms with van der Waals surface area (Å²) in [7, 11) is 0. The summed E-state index contributed by atoms with van der Waals surface area (Å²) in [6.45, 7) is 7.05. The fraction of sp³-hybridized carbons (Fsp3) is 0.421. The molecule has 1 aromatic heterocycles. The van der Waals surface area contributed by atoms with Crippen LogP contribution in [0.2, 0.25) is 0 Å². The van der Waals surface area contributed by atoms with Gasteiger partial charge in [-0.2, -0.15) is 5.10 Å². The highest BCUT2D eigenvalue weighted by Gasteiger charge is 2.28. The summed E-state index contributed by atoms with van der Waals surface area (Å²) >= 11 is 0. The van der Waals surface area contributed by atoms with E-state index in [1.165, 1.54) is 23.0 Å². The lowest BCUT2D eigenvalue weighted by atomic mass is 10.2. The molecule has 0 spiro atoms. The second kappa shape index (κ2) is 7.90. The van der Waals surface area contributed by atoms with Gasteiger partial charge in [-0.1, -0.05) is 0 Å². The number of ether oxygens (including phenoxy) is 1. The molecule has 1 fully saturated rings. The van der Waals surface area contributed by atoms with E-state index in [4.69, 9.17) is 4.74 Å². The van der Waals surface area contributed by atoms with Crippen molar-refractivity contribution < 1.29 is 19.2 Å². The minimum absolute atomic E-state index is 0.0138. The highest BCUT2D eigenvalue weighted by molar-refractivity contribution is 5.94. The minimum Gasteiger partial charge on any atom is -0.444 e. The molecule has 1 aliphatic rings. The summed E-state index contributed by atoms with van der Waals surface area (Å²) < 4.78 is 6.86. The second-order valence-electron chi connectivity index (χ2n) is 7.71. The van der Waals surface area contributed by atoms with Crippen LogP contribution >= 0.6 is 0 Å². The first-order chi connectivity index (χ1) is 13.6. The molecule has 1 aliphatic heterocycles. The van der Waals surface area contributed by atoms with Crippen molar-refractivity contribution >= 4 is 17.7 Å². The zero-order valence-corrected chi connectivity index (χ0v) is 16.6. The Kier molecular flexibility index (Phi) is 5.53. The number of hydrogen-bond acceptors (Lipinski definition) is 6. The quantitative estimate of drug-likeness (QED) is 0.577. The number of benzene rings is 1. The second-order valence-corrected chi connectivity index (χ2v) is 7.71. The lowest BCUT2D eigenvalue weighted by Crippen LogP contribution is -2.51. The van der Waals surface area contributed by atoms with Crippen LogP contribution in [0.4, 0.5) is 10.5 Å². The number of piperazine rings is 1. The maximum absolute atomic E-state index is 12.7. The van der Waals surface area contributed by atoms with Gasteiger partial charge in [-0.25, -0.2) is 9.48 Å². The number of rotatable bonds is 3. The first kappa shape index (κ1) is 20.3. The molecular weight excluding hydrogens is 378 g/mol. The van der Waals surface area contributed by atoms with Gasteiger partial charge in [-0.15, -0.1) is 0 Å². The number of aromatic nitrogens is 2. The first-order valence-corrected chi connectivity index (χ1v) is 9.21. The van der Waals surface area contributed by atoms with Crippen molar-refractivity contribution in [2.45, 2.75) is 26.4 Å². The van der Waals surface area contributed by atoms with E-state index in [1.54, 1.807) is 28.1 Å². The average Bonchev–Trinajstić information content (AvgIpc) is 3.16. The molecule has 1 aromatic carbocycles. The van der Waals surface area contributed by atoms with Gasteiger partial charge in [0.1, 0.15) is 5.60 Å². The maximum Gasteiger partial charge on any atom is 0.410 e. The Morgan fingerprint density at radius 2 is 1.66 bits per heavy atom. The first-order valence-electron chi connectivity index (χ1n) is 9.21. The van der Waals surface area contributed by atoms with E-state index in [1.807, 2.05) is 20.8 Å². The van der Waals surface area contributed by atoms with Crippen molar-refractivity contribution in [1.82, 2.24) is 19.6 Å². The number of nitro benzene ring substituents is 1. The van der Waals surface area contributed by atoms with Crippen molar-refractivity contribution in [3.05, 3.63) is 52.3 Å². The van der Waals surface area contributed by atoms with Crippen LogP contribution in [0.3, 0.4) is 0 Å². The molecule has 29 heavy (non-hydrogen) atoms. The van der Waals surface area contributed by atoms with Crippen LogP contribution in [-0.4, -0.2) is 68.3 Å². The molecule has 3 rings (SSSR count). The summed E-state index contributed by atoms with van der Waals surface area (Å²) in [5, 5.41) is 14.9. The third kappa shape index (κ3) is 4.89. The van der Waals surface area contributed by atoms with Crippen LogP contribution in [0.25, 0.3) is 5.69 Å². The number of carbonyl (C=O) groups excluding carboxylic acids is 2. The number of non-ortho nitro benzene ring substituents is 1. The summed E-state index contributed by atoms with van der Waals surface area (Å²) in [4.78, 5) is 38.4. The van der Waals surface area contributed by atoms with Crippen LogP contribution in [0.1, 0.15) is 31.1 Å². The summed E-state index contributed by atoms with van der Waals surface area (Å²) in [5.41, 5.74) is 0.453. The van der Waals surface area contributed by atoms with Gasteiger partial charge >= 0.3 is 6.09 Å². The van der Waals surface area contributed by atoms with E-state index in [-0.39, 0.29) is 17.7 Å². The molecule has 154 valence electrons. The molecule has 2 heterocycles. The minimum atomic E-state index is -0.559. The standard InChI is InChI=1S/C19H23N5O5/c1-19(2,3)29-18(26)22-10-8-21(9-11-22)17(25)14-12-20-23(13-14)15-4-6-16(7-5-15)24(27)28/h4-7,12-13H,8-11H2,1-3H3. The van der Waals surface area contributed by atoms with Gasteiger partial charge in [-0.3, -0.25) is 14.9 Å². The van der Waals surface area contributed by atoms with Gasteiger partial charge in [-0.05, 0) is 32.9 Å². The van der Waals surface area contributed by atoms with Crippen molar-refractivity contribution in [2.24, 2.45) is 0 Å². The highest BCUT2D eigenvalue weighted by Crippen LogP contribution is 2.17. The molecule has 0 bridgehead atoms. The Morgan fingerprint density at radius 3 is 2.21 bits per heavy atom. The molecule has 10 heteroatoms. The normalized spacial score (nSPS) is 14.6. The van der Waals surface area contributed by atoms with Gasteiger partial charge in [0.05, 0.1) is 22.4 Å². The van der Waals surface area contributed by atoms with E-state index >= 15 is 0 Å². The largest absolute Gasteiger partial charge is 0.444 e. The Balaban J connectivity index is 1.61. The molecule has 0 unspecified atom stereocenters. The number of hydrogen-bond donors (Lipinski definition) is 0. The van der Waals surface area contributed by atoms with E-state index < -0.39 is 10.5 Å². The molecule has 10 nitrogen and oxygen atoms in total. The van der Waals surface area contributed by atoms with Crippen LogP contribution in [0.15, 0.2) is 36.7 Å². The van der Waals surface area contributed by atoms with Gasteiger partial charge in [0.15, 0.2) is 0 Å². The van der Waals surface area contributed by atoms with Gasteiger partial charge in [0, 0.05) is 44.5 Å². The molecule has 2 aromatic rings. The van der Waals surface area contributed by atoms with Crippen LogP contribution in [0, 0.1) is 10.1 Å². The summed E-state index contributed by atoms with van der Waals surface area (Å²) in [6.07, 6.45) is 2.67. The molecule has 1 saturated heterocycles. The smallest absolute Gasteiger partial charge is 0.410 e. The third-order valence-electron chi connectivity index (χ3n) is 4.37. The van der Waals surface area contributed by atoms with Gasteiger partial charge in [0.25, 0.3) is 11.6 Å². The van der Waals surface area contributed by atoms with Crippen LogP contribution < -0.4 is 0 Å². The average molecular weight is 401 g/mol. The van der Waals surface area contributed by atoms with Crippen LogP contribution in [0.5, 0.6) is 0 Å². The SMILES string of the molecule is CC(C)(C)OC(=O)N1CCN(C(=O)c2cnn(-c3ccc([N+](=O)[O-])cc3)c2)CC1. The zero-order chi connectivity index (χ0) is 21.2. The number of nitrogens with zero attached hydrogens (tertiary/aromatic N) is 5. The molecule has 0 aliphatic carbocycles. The molecule has 0 atom stereocenters. The Morgan fingerprint density at radius 1 is 1.07 bits per heavy atom. The van der Waals surface area contributed by atoms with E-state index in [2.05, 4.69) is 5.10 Å². The lowest BCUT2D eigenvalue weighted by Gasteiger charge is -2.35. The van der Waals surface area contributed by atoms with E-state index in [0.717, 1.165) is 0 Å². The van der Waals surface area contributed by atoms with Crippen molar-refractivity contribution in [3.8, 4) is 5.69 Å². The molecule has 0 N–H and O–H groups in total. The lowest BCUT2D eigenvalue weighted by molar-refractivity contribution is -0.384. The van der Waals surface area contributed by atoms with E-state index in [0.29, 0.717) is 37.4 Å². The maximum atomic E-state index is 12.7. The number of nitro groups is 1. The van der Waals surface area contributed by atoms with Crippen LogP contribution in [-0.2, 0) is 4.74 Å². The Labute approximate surface area is 167 Å².